The third-order valence-corrected chi connectivity index (χ3v) is 2.91. The number of carboxylic acids is 1. The molecule has 0 aliphatic carbocycles. The second-order valence-electron chi connectivity index (χ2n) is 4.25. The summed E-state index contributed by atoms with van der Waals surface area (Å²) in [7, 11) is 0. The van der Waals surface area contributed by atoms with E-state index in [-0.39, 0.29) is 12.5 Å². The minimum atomic E-state index is -0.759. The predicted octanol–water partition coefficient (Wildman–Crippen LogP) is 1.86. The number of anilines is 2. The van der Waals surface area contributed by atoms with Gasteiger partial charge in [0.05, 0.1) is 6.42 Å². The van der Waals surface area contributed by atoms with E-state index in [1.165, 1.54) is 5.56 Å². The van der Waals surface area contributed by atoms with Crippen molar-refractivity contribution in [3.63, 3.8) is 0 Å². The maximum atomic E-state index is 10.7. The molecule has 1 unspecified atom stereocenters. The Morgan fingerprint density at radius 3 is 3.12 bits per heavy atom. The number of nitrogens with one attached hydrogen (secondary N) is 1. The summed E-state index contributed by atoms with van der Waals surface area (Å²) >= 11 is 0. The van der Waals surface area contributed by atoms with Gasteiger partial charge in [0.2, 0.25) is 0 Å². The standard InChI is InChI=1S/C12H16N2O2/c13-9-5-4-8-2-1-3-10(7-12(15)16)14-11(8)6-9/h4-6,10,14H,1-3,7,13H2,(H,15,16). The first-order valence-electron chi connectivity index (χ1n) is 5.52. The van der Waals surface area contributed by atoms with E-state index < -0.39 is 5.97 Å². The molecule has 1 aromatic rings. The summed E-state index contributed by atoms with van der Waals surface area (Å²) in [6.45, 7) is 0. The Bertz CT molecular complexity index is 404. The van der Waals surface area contributed by atoms with E-state index in [9.17, 15) is 4.79 Å². The van der Waals surface area contributed by atoms with Crippen molar-refractivity contribution in [1.82, 2.24) is 0 Å². The average Bonchev–Trinajstić information content (AvgIpc) is 2.37. The Morgan fingerprint density at radius 2 is 2.38 bits per heavy atom. The molecule has 0 bridgehead atoms. The van der Waals surface area contributed by atoms with Gasteiger partial charge in [-0.1, -0.05) is 6.07 Å². The van der Waals surface area contributed by atoms with E-state index in [0.29, 0.717) is 5.69 Å². The number of carboxylic acid groups (broad SMARTS) is 1. The van der Waals surface area contributed by atoms with Crippen LogP contribution >= 0.6 is 0 Å². The van der Waals surface area contributed by atoms with Crippen molar-refractivity contribution < 1.29 is 9.90 Å². The smallest absolute Gasteiger partial charge is 0.305 e. The first-order valence-corrected chi connectivity index (χ1v) is 5.52. The molecule has 0 saturated heterocycles. The molecule has 0 aromatic heterocycles. The Balaban J connectivity index is 2.19. The monoisotopic (exact) mass is 220 g/mol. The lowest BCUT2D eigenvalue weighted by molar-refractivity contribution is -0.137. The van der Waals surface area contributed by atoms with Crippen LogP contribution in [0.25, 0.3) is 0 Å². The van der Waals surface area contributed by atoms with E-state index >= 15 is 0 Å². The number of rotatable bonds is 2. The maximum absolute atomic E-state index is 10.7. The van der Waals surface area contributed by atoms with Crippen molar-refractivity contribution in [1.29, 1.82) is 0 Å². The molecule has 4 heteroatoms. The number of benzene rings is 1. The molecular formula is C12H16N2O2. The fourth-order valence-electron chi connectivity index (χ4n) is 2.14. The molecule has 16 heavy (non-hydrogen) atoms. The van der Waals surface area contributed by atoms with Crippen LogP contribution in [0.5, 0.6) is 0 Å². The van der Waals surface area contributed by atoms with E-state index in [1.807, 2.05) is 18.2 Å². The van der Waals surface area contributed by atoms with Gasteiger partial charge in [0.25, 0.3) is 0 Å². The van der Waals surface area contributed by atoms with Gasteiger partial charge in [0, 0.05) is 17.4 Å². The zero-order valence-corrected chi connectivity index (χ0v) is 9.07. The number of hydrogen-bond acceptors (Lipinski definition) is 3. The van der Waals surface area contributed by atoms with Crippen molar-refractivity contribution in [3.8, 4) is 0 Å². The Kier molecular flexibility index (Phi) is 2.99. The highest BCUT2D eigenvalue weighted by Crippen LogP contribution is 2.26. The lowest BCUT2D eigenvalue weighted by Crippen LogP contribution is -2.22. The minimum absolute atomic E-state index is 0.0144. The van der Waals surface area contributed by atoms with Gasteiger partial charge in [-0.3, -0.25) is 4.79 Å². The van der Waals surface area contributed by atoms with Crippen LogP contribution in [0.2, 0.25) is 0 Å². The van der Waals surface area contributed by atoms with Gasteiger partial charge in [-0.25, -0.2) is 0 Å². The van der Waals surface area contributed by atoms with Crippen molar-refractivity contribution >= 4 is 17.3 Å². The summed E-state index contributed by atoms with van der Waals surface area (Å²) in [5, 5.41) is 12.1. The molecule has 0 amide bonds. The Labute approximate surface area is 94.5 Å². The zero-order chi connectivity index (χ0) is 11.5. The number of aryl methyl sites for hydroxylation is 1. The van der Waals surface area contributed by atoms with Gasteiger partial charge < -0.3 is 16.2 Å². The number of hydrogen-bond donors (Lipinski definition) is 3. The molecule has 0 spiro atoms. The molecule has 1 aliphatic rings. The van der Waals surface area contributed by atoms with Gasteiger partial charge in [0.1, 0.15) is 0 Å². The molecule has 1 heterocycles. The Hall–Kier alpha value is -1.71. The van der Waals surface area contributed by atoms with Crippen LogP contribution in [0, 0.1) is 0 Å². The third kappa shape index (κ3) is 2.45. The van der Waals surface area contributed by atoms with E-state index in [2.05, 4.69) is 5.32 Å². The van der Waals surface area contributed by atoms with Gasteiger partial charge in [-0.2, -0.15) is 0 Å². The molecule has 0 fully saturated rings. The van der Waals surface area contributed by atoms with Crippen LogP contribution in [0.4, 0.5) is 11.4 Å². The fourth-order valence-corrected chi connectivity index (χ4v) is 2.14. The summed E-state index contributed by atoms with van der Waals surface area (Å²) in [6, 6.07) is 5.80. The van der Waals surface area contributed by atoms with Crippen LogP contribution in [0.1, 0.15) is 24.8 Å². The SMILES string of the molecule is Nc1ccc2c(c1)NC(CC(=O)O)CCC2. The first-order chi connectivity index (χ1) is 7.65. The van der Waals surface area contributed by atoms with Gasteiger partial charge >= 0.3 is 5.97 Å². The molecule has 0 saturated carbocycles. The quantitative estimate of drug-likeness (QED) is 0.665. The topological polar surface area (TPSA) is 75.3 Å². The summed E-state index contributed by atoms with van der Waals surface area (Å²) in [6.07, 6.45) is 3.05. The molecule has 4 nitrogen and oxygen atoms in total. The van der Waals surface area contributed by atoms with Gasteiger partial charge in [0.15, 0.2) is 0 Å². The molecule has 86 valence electrons. The van der Waals surface area contributed by atoms with Crippen molar-refractivity contribution in [2.45, 2.75) is 31.7 Å². The minimum Gasteiger partial charge on any atom is -0.481 e. The summed E-state index contributed by atoms with van der Waals surface area (Å²) < 4.78 is 0. The van der Waals surface area contributed by atoms with Crippen LogP contribution < -0.4 is 11.1 Å². The molecule has 1 aromatic carbocycles. The highest BCUT2D eigenvalue weighted by molar-refractivity contribution is 5.69. The molecule has 4 N–H and O–H groups in total. The lowest BCUT2D eigenvalue weighted by atomic mass is 10.1. The van der Waals surface area contributed by atoms with Gasteiger partial charge in [-0.05, 0) is 37.0 Å². The van der Waals surface area contributed by atoms with Crippen molar-refractivity contribution in [2.24, 2.45) is 0 Å². The third-order valence-electron chi connectivity index (χ3n) is 2.91. The number of nitrogen functional groups attached to an aromatic ring is 1. The number of nitrogens with two attached hydrogens (primary N) is 1. The normalized spacial score (nSPS) is 19.4. The average molecular weight is 220 g/mol. The van der Waals surface area contributed by atoms with Crippen molar-refractivity contribution in [3.05, 3.63) is 23.8 Å². The van der Waals surface area contributed by atoms with E-state index in [4.69, 9.17) is 10.8 Å². The molecule has 1 atom stereocenters. The molecule has 0 radical (unpaired) electrons. The van der Waals surface area contributed by atoms with Crippen LogP contribution in [-0.2, 0) is 11.2 Å². The van der Waals surface area contributed by atoms with E-state index in [1.54, 1.807) is 0 Å². The Morgan fingerprint density at radius 1 is 1.56 bits per heavy atom. The maximum Gasteiger partial charge on any atom is 0.305 e. The van der Waals surface area contributed by atoms with Crippen molar-refractivity contribution in [2.75, 3.05) is 11.1 Å². The fraction of sp³-hybridized carbons (Fsp3) is 0.417. The highest BCUT2D eigenvalue weighted by atomic mass is 16.4. The number of fused-ring (bicyclic) bond motifs is 1. The van der Waals surface area contributed by atoms with Crippen LogP contribution in [0.3, 0.4) is 0 Å². The summed E-state index contributed by atoms with van der Waals surface area (Å²) in [5.74, 6) is -0.759. The lowest BCUT2D eigenvalue weighted by Gasteiger charge is -2.16. The predicted molar refractivity (Wildman–Crippen MR) is 63.5 cm³/mol. The second kappa shape index (κ2) is 4.43. The molecule has 1 aliphatic heterocycles. The second-order valence-corrected chi connectivity index (χ2v) is 4.25. The van der Waals surface area contributed by atoms with E-state index in [0.717, 1.165) is 24.9 Å². The van der Waals surface area contributed by atoms with Gasteiger partial charge in [-0.15, -0.1) is 0 Å². The van der Waals surface area contributed by atoms with Crippen LogP contribution in [0.15, 0.2) is 18.2 Å². The van der Waals surface area contributed by atoms with Crippen LogP contribution in [-0.4, -0.2) is 17.1 Å². The molecule has 2 rings (SSSR count). The summed E-state index contributed by atoms with van der Waals surface area (Å²) in [5.41, 5.74) is 8.65. The zero-order valence-electron chi connectivity index (χ0n) is 9.07. The highest BCUT2D eigenvalue weighted by Gasteiger charge is 2.18. The first kappa shape index (κ1) is 10.8. The summed E-state index contributed by atoms with van der Waals surface area (Å²) in [4.78, 5) is 10.7. The molecular weight excluding hydrogens is 204 g/mol. The number of aliphatic carboxylic acids is 1. The largest absolute Gasteiger partial charge is 0.481 e. The number of carbonyl (C=O) groups is 1.